The maximum atomic E-state index is 12.1. The minimum absolute atomic E-state index is 0.0317. The van der Waals surface area contributed by atoms with Gasteiger partial charge in [-0.1, -0.05) is 34.6 Å². The van der Waals surface area contributed by atoms with Crippen molar-refractivity contribution in [1.29, 1.82) is 0 Å². The lowest BCUT2D eigenvalue weighted by atomic mass is 9.86. The number of aromatic nitrogens is 1. The first kappa shape index (κ1) is 17.7. The number of pyridine rings is 1. The van der Waals surface area contributed by atoms with Crippen LogP contribution in [0.2, 0.25) is 0 Å². The van der Waals surface area contributed by atoms with Crippen molar-refractivity contribution in [1.82, 2.24) is 10.3 Å². The van der Waals surface area contributed by atoms with E-state index in [9.17, 15) is 4.79 Å². The van der Waals surface area contributed by atoms with E-state index in [1.54, 1.807) is 18.5 Å². The van der Waals surface area contributed by atoms with E-state index in [0.29, 0.717) is 11.0 Å². The Kier molecular flexibility index (Phi) is 6.38. The van der Waals surface area contributed by atoms with Gasteiger partial charge in [0, 0.05) is 17.9 Å². The Morgan fingerprint density at radius 3 is 2.19 bits per heavy atom. The molecule has 0 aliphatic heterocycles. The smallest absolute Gasteiger partial charge is 0.253 e. The summed E-state index contributed by atoms with van der Waals surface area (Å²) in [5.74, 6) is 0.0317. The van der Waals surface area contributed by atoms with Gasteiger partial charge in [-0.15, -0.1) is 0 Å². The molecule has 118 valence electrons. The topological polar surface area (TPSA) is 42.0 Å². The molecule has 3 nitrogen and oxygen atoms in total. The molecule has 0 radical (unpaired) electrons. The highest BCUT2D eigenvalue weighted by molar-refractivity contribution is 5.94. The van der Waals surface area contributed by atoms with Gasteiger partial charge in [0.15, 0.2) is 0 Å². The van der Waals surface area contributed by atoms with Crippen molar-refractivity contribution in [2.45, 2.75) is 72.3 Å². The van der Waals surface area contributed by atoms with Gasteiger partial charge >= 0.3 is 0 Å². The molecule has 0 unspecified atom stereocenters. The summed E-state index contributed by atoms with van der Waals surface area (Å²) in [4.78, 5) is 16.1. The Morgan fingerprint density at radius 1 is 1.14 bits per heavy atom. The van der Waals surface area contributed by atoms with Gasteiger partial charge in [-0.05, 0) is 49.7 Å². The van der Waals surface area contributed by atoms with E-state index in [2.05, 4.69) is 17.2 Å². The molecule has 3 rings (SSSR count). The number of rotatable bonds is 2. The van der Waals surface area contributed by atoms with E-state index in [-0.39, 0.29) is 11.4 Å². The summed E-state index contributed by atoms with van der Waals surface area (Å²) in [5, 5.41) is 3.25. The Bertz CT molecular complexity index is 434. The first-order valence-corrected chi connectivity index (χ1v) is 8.34. The molecule has 1 aromatic heterocycles. The van der Waals surface area contributed by atoms with Crippen LogP contribution in [0.4, 0.5) is 0 Å². The highest BCUT2D eigenvalue weighted by Crippen LogP contribution is 2.56. The van der Waals surface area contributed by atoms with Crippen molar-refractivity contribution in [2.24, 2.45) is 5.41 Å². The number of fused-ring (bicyclic) bond motifs is 2. The van der Waals surface area contributed by atoms with Gasteiger partial charge < -0.3 is 5.32 Å². The van der Waals surface area contributed by atoms with Gasteiger partial charge in [0.25, 0.3) is 5.91 Å². The standard InChI is InChI=1S/C14H18N2O.2C2H6/c1-13-4-6-14(10-13,7-5-13)16-12(17)11-3-2-8-15-9-11;2*1-2/h2-3,8-9H,4-7,10H2,1H3,(H,16,17);2*1-2H3. The van der Waals surface area contributed by atoms with Crippen LogP contribution in [0.25, 0.3) is 0 Å². The molecule has 1 heterocycles. The molecule has 2 saturated carbocycles. The summed E-state index contributed by atoms with van der Waals surface area (Å²) in [7, 11) is 0. The second-order valence-corrected chi connectivity index (χ2v) is 5.96. The second kappa shape index (κ2) is 7.58. The summed E-state index contributed by atoms with van der Waals surface area (Å²) >= 11 is 0. The maximum absolute atomic E-state index is 12.1. The van der Waals surface area contributed by atoms with E-state index in [0.717, 1.165) is 19.3 Å². The molecular weight excluding hydrogens is 260 g/mol. The number of amides is 1. The van der Waals surface area contributed by atoms with Crippen molar-refractivity contribution >= 4 is 5.91 Å². The molecule has 0 atom stereocenters. The number of hydrogen-bond donors (Lipinski definition) is 1. The highest BCUT2D eigenvalue weighted by atomic mass is 16.1. The number of carbonyl (C=O) groups is 1. The molecule has 3 heteroatoms. The predicted molar refractivity (Wildman–Crippen MR) is 88.3 cm³/mol. The van der Waals surface area contributed by atoms with E-state index in [4.69, 9.17) is 0 Å². The van der Waals surface area contributed by atoms with Crippen LogP contribution in [-0.2, 0) is 0 Å². The molecule has 2 aliphatic rings. The normalized spacial score (nSPS) is 28.8. The Labute approximate surface area is 129 Å². The minimum atomic E-state index is 0.0317. The molecule has 1 N–H and O–H groups in total. The average Bonchev–Trinajstić information content (AvgIpc) is 3.05. The van der Waals surface area contributed by atoms with E-state index >= 15 is 0 Å². The van der Waals surface area contributed by atoms with Gasteiger partial charge in [-0.2, -0.15) is 0 Å². The van der Waals surface area contributed by atoms with Crippen molar-refractivity contribution in [3.8, 4) is 0 Å². The molecule has 1 aromatic rings. The van der Waals surface area contributed by atoms with E-state index < -0.39 is 0 Å². The van der Waals surface area contributed by atoms with Gasteiger partial charge in [0.2, 0.25) is 0 Å². The fourth-order valence-electron chi connectivity index (χ4n) is 3.48. The zero-order valence-corrected chi connectivity index (χ0v) is 14.2. The number of nitrogens with zero attached hydrogens (tertiary/aromatic N) is 1. The summed E-state index contributed by atoms with van der Waals surface area (Å²) < 4.78 is 0. The Hall–Kier alpha value is -1.38. The molecule has 1 amide bonds. The summed E-state index contributed by atoms with van der Waals surface area (Å²) in [5.41, 5.74) is 1.21. The summed E-state index contributed by atoms with van der Waals surface area (Å²) in [6, 6.07) is 3.63. The first-order chi connectivity index (χ1) is 10.1. The van der Waals surface area contributed by atoms with Crippen LogP contribution >= 0.6 is 0 Å². The molecule has 2 bridgehead atoms. The zero-order chi connectivity index (χ0) is 15.9. The Morgan fingerprint density at radius 2 is 1.76 bits per heavy atom. The highest BCUT2D eigenvalue weighted by Gasteiger charge is 2.52. The maximum Gasteiger partial charge on any atom is 0.253 e. The van der Waals surface area contributed by atoms with Crippen LogP contribution < -0.4 is 5.32 Å². The van der Waals surface area contributed by atoms with E-state index in [1.807, 2.05) is 33.8 Å². The molecule has 0 spiro atoms. The monoisotopic (exact) mass is 290 g/mol. The van der Waals surface area contributed by atoms with Gasteiger partial charge in [0.1, 0.15) is 0 Å². The minimum Gasteiger partial charge on any atom is -0.347 e. The lowest BCUT2D eigenvalue weighted by molar-refractivity contribution is 0.0900. The molecular formula is C18H30N2O. The number of nitrogens with one attached hydrogen (secondary N) is 1. The quantitative estimate of drug-likeness (QED) is 0.865. The van der Waals surface area contributed by atoms with Gasteiger partial charge in [-0.3, -0.25) is 9.78 Å². The van der Waals surface area contributed by atoms with E-state index in [1.165, 1.54) is 12.8 Å². The van der Waals surface area contributed by atoms with Gasteiger partial charge in [0.05, 0.1) is 5.56 Å². The van der Waals surface area contributed by atoms with Gasteiger partial charge in [-0.25, -0.2) is 0 Å². The third-order valence-electron chi connectivity index (χ3n) is 4.48. The molecule has 0 aromatic carbocycles. The first-order valence-electron chi connectivity index (χ1n) is 8.34. The zero-order valence-electron chi connectivity index (χ0n) is 14.2. The fraction of sp³-hybridized carbons (Fsp3) is 0.667. The molecule has 2 aliphatic carbocycles. The van der Waals surface area contributed by atoms with Crippen molar-refractivity contribution in [3.63, 3.8) is 0 Å². The largest absolute Gasteiger partial charge is 0.347 e. The predicted octanol–water partition coefficient (Wildman–Crippen LogP) is 4.59. The van der Waals surface area contributed by atoms with Crippen LogP contribution in [0.5, 0.6) is 0 Å². The average molecular weight is 290 g/mol. The van der Waals surface area contributed by atoms with Crippen molar-refractivity contribution in [2.75, 3.05) is 0 Å². The second-order valence-electron chi connectivity index (χ2n) is 5.96. The van der Waals surface area contributed by atoms with Crippen LogP contribution in [0.3, 0.4) is 0 Å². The number of hydrogen-bond acceptors (Lipinski definition) is 2. The third-order valence-corrected chi connectivity index (χ3v) is 4.48. The van der Waals surface area contributed by atoms with Crippen LogP contribution in [0, 0.1) is 5.41 Å². The van der Waals surface area contributed by atoms with Crippen LogP contribution in [0.15, 0.2) is 24.5 Å². The van der Waals surface area contributed by atoms with Crippen LogP contribution in [-0.4, -0.2) is 16.4 Å². The Balaban J connectivity index is 0.000000510. The molecule has 2 fully saturated rings. The summed E-state index contributed by atoms with van der Waals surface area (Å²) in [6.45, 7) is 10.3. The number of carbonyl (C=O) groups excluding carboxylic acids is 1. The third kappa shape index (κ3) is 4.05. The molecule has 21 heavy (non-hydrogen) atoms. The van der Waals surface area contributed by atoms with Crippen molar-refractivity contribution < 1.29 is 4.79 Å². The fourth-order valence-corrected chi connectivity index (χ4v) is 3.48. The lowest BCUT2D eigenvalue weighted by Gasteiger charge is -2.28. The molecule has 0 saturated heterocycles. The van der Waals surface area contributed by atoms with Crippen molar-refractivity contribution in [3.05, 3.63) is 30.1 Å². The van der Waals surface area contributed by atoms with Crippen LogP contribution in [0.1, 0.15) is 77.1 Å². The lowest BCUT2D eigenvalue weighted by Crippen LogP contribution is -2.45. The summed E-state index contributed by atoms with van der Waals surface area (Å²) in [6.07, 6.45) is 9.24. The SMILES string of the molecule is CC.CC.CC12CCC(NC(=O)c3cccnc3)(CC1)C2.